The van der Waals surface area contributed by atoms with Gasteiger partial charge in [-0.2, -0.15) is 5.26 Å². The summed E-state index contributed by atoms with van der Waals surface area (Å²) in [5.41, 5.74) is 1.63. The lowest BCUT2D eigenvalue weighted by atomic mass is 10.1. The van der Waals surface area contributed by atoms with Crippen molar-refractivity contribution in [3.8, 4) is 6.07 Å². The number of anilines is 1. The number of piperazine rings is 1. The molecule has 5 heteroatoms. The maximum atomic E-state index is 9.19. The summed E-state index contributed by atoms with van der Waals surface area (Å²) in [5.74, 6) is 0.700. The molecule has 1 aromatic heterocycles. The topological polar surface area (TPSA) is 56.1 Å². The maximum Gasteiger partial charge on any atom is 0.183 e. The Bertz CT molecular complexity index is 735. The van der Waals surface area contributed by atoms with Crippen LogP contribution < -0.4 is 4.90 Å². The van der Waals surface area contributed by atoms with Crippen LogP contribution in [0.15, 0.2) is 48.8 Å². The molecule has 0 amide bonds. The molecule has 3 rings (SSSR count). The van der Waals surface area contributed by atoms with Crippen molar-refractivity contribution in [1.82, 2.24) is 14.9 Å². The fourth-order valence-electron chi connectivity index (χ4n) is 2.99. The van der Waals surface area contributed by atoms with Gasteiger partial charge in [-0.3, -0.25) is 4.90 Å². The fourth-order valence-corrected chi connectivity index (χ4v) is 2.99. The average Bonchev–Trinajstić information content (AvgIpc) is 2.64. The third-order valence-corrected chi connectivity index (χ3v) is 4.30. The van der Waals surface area contributed by atoms with Crippen LogP contribution >= 0.6 is 0 Å². The molecule has 0 N–H and O–H groups in total. The molecular weight excluding hydrogens is 298 g/mol. The molecule has 2 aromatic rings. The Balaban J connectivity index is 1.59. The Morgan fingerprint density at radius 2 is 2.00 bits per heavy atom. The van der Waals surface area contributed by atoms with Crippen molar-refractivity contribution in [2.75, 3.05) is 31.1 Å². The SMILES string of the molecule is CC1CN(c2nccnc2C#N)CCN1C/C=C/c1ccccc1. The van der Waals surface area contributed by atoms with Gasteiger partial charge in [0.1, 0.15) is 6.07 Å². The van der Waals surface area contributed by atoms with Gasteiger partial charge in [0.05, 0.1) is 0 Å². The van der Waals surface area contributed by atoms with Crippen molar-refractivity contribution < 1.29 is 0 Å². The minimum atomic E-state index is 0.396. The van der Waals surface area contributed by atoms with Crippen molar-refractivity contribution >= 4 is 11.9 Å². The summed E-state index contributed by atoms with van der Waals surface area (Å²) in [7, 11) is 0. The van der Waals surface area contributed by atoms with Crippen molar-refractivity contribution in [3.05, 3.63) is 60.1 Å². The zero-order valence-electron chi connectivity index (χ0n) is 13.8. The molecule has 5 nitrogen and oxygen atoms in total. The van der Waals surface area contributed by atoms with E-state index in [-0.39, 0.29) is 0 Å². The molecule has 1 aliphatic heterocycles. The van der Waals surface area contributed by atoms with Crippen molar-refractivity contribution in [3.63, 3.8) is 0 Å². The van der Waals surface area contributed by atoms with Crippen molar-refractivity contribution in [1.29, 1.82) is 5.26 Å². The van der Waals surface area contributed by atoms with E-state index < -0.39 is 0 Å². The highest BCUT2D eigenvalue weighted by Crippen LogP contribution is 2.19. The molecule has 1 aromatic carbocycles. The summed E-state index contributed by atoms with van der Waals surface area (Å²) in [6, 6.07) is 12.9. The Kier molecular flexibility index (Phi) is 5.19. The number of benzene rings is 1. The lowest BCUT2D eigenvalue weighted by Gasteiger charge is -2.40. The van der Waals surface area contributed by atoms with E-state index in [0.29, 0.717) is 17.6 Å². The summed E-state index contributed by atoms with van der Waals surface area (Å²) in [5, 5.41) is 9.19. The van der Waals surface area contributed by atoms with Gasteiger partial charge in [0.2, 0.25) is 0 Å². The second-order valence-corrected chi connectivity index (χ2v) is 5.94. The minimum Gasteiger partial charge on any atom is -0.351 e. The number of nitrogens with zero attached hydrogens (tertiary/aromatic N) is 5. The van der Waals surface area contributed by atoms with Crippen molar-refractivity contribution in [2.45, 2.75) is 13.0 Å². The Morgan fingerprint density at radius 1 is 1.21 bits per heavy atom. The van der Waals surface area contributed by atoms with E-state index in [2.05, 4.69) is 69.2 Å². The molecule has 0 saturated carbocycles. The van der Waals surface area contributed by atoms with Gasteiger partial charge in [-0.25, -0.2) is 9.97 Å². The molecule has 1 fully saturated rings. The Labute approximate surface area is 142 Å². The van der Waals surface area contributed by atoms with Crippen LogP contribution in [0.1, 0.15) is 18.2 Å². The minimum absolute atomic E-state index is 0.396. The molecule has 0 aliphatic carbocycles. The molecular formula is C19H21N5. The molecule has 24 heavy (non-hydrogen) atoms. The van der Waals surface area contributed by atoms with Crippen LogP contribution in [-0.4, -0.2) is 47.1 Å². The second kappa shape index (κ2) is 7.71. The molecule has 0 bridgehead atoms. The van der Waals surface area contributed by atoms with Gasteiger partial charge in [0, 0.05) is 44.6 Å². The van der Waals surface area contributed by atoms with Crippen LogP contribution in [0, 0.1) is 11.3 Å². The molecule has 122 valence electrons. The average molecular weight is 319 g/mol. The quantitative estimate of drug-likeness (QED) is 0.867. The van der Waals surface area contributed by atoms with E-state index in [9.17, 15) is 5.26 Å². The maximum absolute atomic E-state index is 9.19. The number of rotatable bonds is 4. The molecule has 0 spiro atoms. The summed E-state index contributed by atoms with van der Waals surface area (Å²) in [6.07, 6.45) is 7.59. The van der Waals surface area contributed by atoms with Crippen LogP contribution in [-0.2, 0) is 0 Å². The Hall–Kier alpha value is -2.71. The van der Waals surface area contributed by atoms with Crippen LogP contribution in [0.3, 0.4) is 0 Å². The summed E-state index contributed by atoms with van der Waals surface area (Å²) in [4.78, 5) is 13.1. The largest absolute Gasteiger partial charge is 0.351 e. The lowest BCUT2D eigenvalue weighted by molar-refractivity contribution is 0.209. The number of aromatic nitrogens is 2. The number of hydrogen-bond donors (Lipinski definition) is 0. The molecule has 2 heterocycles. The molecule has 1 unspecified atom stereocenters. The van der Waals surface area contributed by atoms with Gasteiger partial charge < -0.3 is 4.90 Å². The number of nitriles is 1. The van der Waals surface area contributed by atoms with Gasteiger partial charge in [-0.1, -0.05) is 42.5 Å². The van der Waals surface area contributed by atoms with Gasteiger partial charge in [0.25, 0.3) is 0 Å². The smallest absolute Gasteiger partial charge is 0.183 e. The molecule has 0 radical (unpaired) electrons. The van der Waals surface area contributed by atoms with Crippen LogP contribution in [0.4, 0.5) is 5.82 Å². The number of hydrogen-bond acceptors (Lipinski definition) is 5. The first kappa shape index (κ1) is 16.2. The predicted molar refractivity (Wildman–Crippen MR) is 95.5 cm³/mol. The normalized spacial score (nSPS) is 18.7. The van der Waals surface area contributed by atoms with E-state index in [1.807, 2.05) is 6.07 Å². The van der Waals surface area contributed by atoms with Gasteiger partial charge in [-0.05, 0) is 12.5 Å². The van der Waals surface area contributed by atoms with Crippen LogP contribution in [0.5, 0.6) is 0 Å². The molecule has 1 atom stereocenters. The predicted octanol–water partition coefficient (Wildman–Crippen LogP) is 2.57. The van der Waals surface area contributed by atoms with E-state index in [0.717, 1.165) is 26.2 Å². The highest BCUT2D eigenvalue weighted by atomic mass is 15.3. The highest BCUT2D eigenvalue weighted by Gasteiger charge is 2.25. The van der Waals surface area contributed by atoms with E-state index in [1.165, 1.54) is 5.56 Å². The summed E-state index contributed by atoms with van der Waals surface area (Å²) < 4.78 is 0. The summed E-state index contributed by atoms with van der Waals surface area (Å²) in [6.45, 7) is 5.80. The summed E-state index contributed by atoms with van der Waals surface area (Å²) >= 11 is 0. The highest BCUT2D eigenvalue weighted by molar-refractivity contribution is 5.50. The van der Waals surface area contributed by atoms with Crippen LogP contribution in [0.2, 0.25) is 0 Å². The molecule has 1 aliphatic rings. The van der Waals surface area contributed by atoms with Gasteiger partial charge in [-0.15, -0.1) is 0 Å². The second-order valence-electron chi connectivity index (χ2n) is 5.94. The van der Waals surface area contributed by atoms with E-state index in [4.69, 9.17) is 0 Å². The van der Waals surface area contributed by atoms with Crippen molar-refractivity contribution in [2.24, 2.45) is 0 Å². The first-order chi connectivity index (χ1) is 11.8. The van der Waals surface area contributed by atoms with E-state index in [1.54, 1.807) is 12.4 Å². The van der Waals surface area contributed by atoms with Crippen LogP contribution in [0.25, 0.3) is 6.08 Å². The van der Waals surface area contributed by atoms with Gasteiger partial charge in [0.15, 0.2) is 11.5 Å². The third-order valence-electron chi connectivity index (χ3n) is 4.30. The van der Waals surface area contributed by atoms with Gasteiger partial charge >= 0.3 is 0 Å². The Morgan fingerprint density at radius 3 is 2.75 bits per heavy atom. The lowest BCUT2D eigenvalue weighted by Crippen LogP contribution is -2.52. The zero-order valence-corrected chi connectivity index (χ0v) is 13.8. The fraction of sp³-hybridized carbons (Fsp3) is 0.316. The standard InChI is InChI=1S/C19H21N5/c1-16-15-24(19-18(14-20)21-9-10-22-19)13-12-23(16)11-5-8-17-6-3-2-4-7-17/h2-10,16H,11-13,15H2,1H3/b8-5+. The zero-order chi connectivity index (χ0) is 16.8. The first-order valence-electron chi connectivity index (χ1n) is 8.19. The van der Waals surface area contributed by atoms with E-state index >= 15 is 0 Å². The molecule has 1 saturated heterocycles. The first-order valence-corrected chi connectivity index (χ1v) is 8.19. The monoisotopic (exact) mass is 319 g/mol. The third kappa shape index (κ3) is 3.79.